The molecule has 16 nitrogen and oxygen atoms in total. The van der Waals surface area contributed by atoms with E-state index < -0.39 is 59.5 Å². The molecule has 0 saturated heterocycles. The minimum atomic E-state index is -4.50. The van der Waals surface area contributed by atoms with E-state index in [-0.39, 0.29) is 28.2 Å². The minimum Gasteiger partial charge on any atom is -0.493 e. The Labute approximate surface area is 243 Å². The van der Waals surface area contributed by atoms with E-state index in [1.807, 2.05) is 0 Å². The molecule has 0 unspecified atom stereocenters. The van der Waals surface area contributed by atoms with Crippen LogP contribution in [0.15, 0.2) is 81.1 Å². The number of nitrogens with zero attached hydrogens (tertiary/aromatic N) is 4. The van der Waals surface area contributed by atoms with Gasteiger partial charge in [0.25, 0.3) is 26.1 Å². The van der Waals surface area contributed by atoms with Crippen molar-refractivity contribution < 1.29 is 54.9 Å². The highest BCUT2D eigenvalue weighted by Crippen LogP contribution is 2.29. The van der Waals surface area contributed by atoms with Gasteiger partial charge in [-0.1, -0.05) is 6.08 Å². The van der Waals surface area contributed by atoms with Gasteiger partial charge in [0.05, 0.1) is 46.5 Å². The van der Waals surface area contributed by atoms with Crippen molar-refractivity contribution in [1.29, 1.82) is 0 Å². The molecule has 1 aromatic heterocycles. The van der Waals surface area contributed by atoms with Crippen LogP contribution in [0.4, 0.5) is 5.69 Å². The molecule has 0 saturated carbocycles. The van der Waals surface area contributed by atoms with Crippen LogP contribution in [-0.4, -0.2) is 78.6 Å². The number of hydrazone groups is 1. The maximum absolute atomic E-state index is 13.2. The number of ether oxygens (including phenoxy) is 2. The average molecular weight is 633 g/mol. The molecule has 0 bridgehead atoms. The molecule has 0 spiro atoms. The zero-order valence-electron chi connectivity index (χ0n) is 22.0. The molecule has 3 N–H and O–H groups in total. The lowest BCUT2D eigenvalue weighted by Crippen LogP contribution is -2.22. The summed E-state index contributed by atoms with van der Waals surface area (Å²) in [6.07, 6.45) is 3.52. The molecule has 18 heteroatoms. The van der Waals surface area contributed by atoms with E-state index in [1.165, 1.54) is 36.4 Å². The number of benzene rings is 2. The number of rotatable bonds is 8. The van der Waals surface area contributed by atoms with Crippen LogP contribution in [0.25, 0.3) is 11.8 Å². The van der Waals surface area contributed by atoms with E-state index in [1.54, 1.807) is 0 Å². The fourth-order valence-electron chi connectivity index (χ4n) is 3.75. The summed E-state index contributed by atoms with van der Waals surface area (Å²) in [5, 5.41) is 19.6. The predicted molar refractivity (Wildman–Crippen MR) is 147 cm³/mol. The van der Waals surface area contributed by atoms with Crippen LogP contribution in [0, 0.1) is 0 Å². The highest BCUT2D eigenvalue weighted by molar-refractivity contribution is 7.86. The van der Waals surface area contributed by atoms with Crippen molar-refractivity contribution in [2.24, 2.45) is 5.10 Å². The summed E-state index contributed by atoms with van der Waals surface area (Å²) in [4.78, 5) is 37.1. The standard InChI is InChI=1S/C25H20N4O12S2/c1-40-24(32)20-18(22(30)28(26-20)14-6-10-16(11-7-14)42(34,35)36)4-3-5-19-21(25(33)41-2)27-29(23(19)31)15-8-12-17(13-9-15)43(37,38)39/h3-13,30H,1-2H3,(H,34,35,36)(H,37,38,39). The average Bonchev–Trinajstić information content (AvgIpc) is 3.47. The second-order valence-corrected chi connectivity index (χ2v) is 11.3. The minimum absolute atomic E-state index is 0.0538. The van der Waals surface area contributed by atoms with Gasteiger partial charge in [0.1, 0.15) is 0 Å². The summed E-state index contributed by atoms with van der Waals surface area (Å²) in [6, 6.07) is 8.91. The first-order chi connectivity index (χ1) is 20.2. The third-order valence-corrected chi connectivity index (χ3v) is 7.55. The molecule has 2 heterocycles. The number of anilines is 1. The van der Waals surface area contributed by atoms with Gasteiger partial charge in [0.2, 0.25) is 5.88 Å². The van der Waals surface area contributed by atoms with Gasteiger partial charge in [-0.3, -0.25) is 13.9 Å². The van der Waals surface area contributed by atoms with E-state index in [2.05, 4.69) is 10.2 Å². The lowest BCUT2D eigenvalue weighted by atomic mass is 10.1. The summed E-state index contributed by atoms with van der Waals surface area (Å²) in [7, 11) is -6.86. The van der Waals surface area contributed by atoms with Crippen molar-refractivity contribution in [3.05, 3.63) is 77.5 Å². The second-order valence-electron chi connectivity index (χ2n) is 8.42. The Morgan fingerprint density at radius 2 is 1.35 bits per heavy atom. The lowest BCUT2D eigenvalue weighted by Gasteiger charge is -2.11. The first-order valence-electron chi connectivity index (χ1n) is 11.6. The zero-order valence-corrected chi connectivity index (χ0v) is 23.6. The fourth-order valence-corrected chi connectivity index (χ4v) is 4.71. The van der Waals surface area contributed by atoms with E-state index in [0.717, 1.165) is 54.3 Å². The third-order valence-electron chi connectivity index (χ3n) is 5.82. The highest BCUT2D eigenvalue weighted by Gasteiger charge is 2.35. The van der Waals surface area contributed by atoms with Gasteiger partial charge in [-0.15, -0.1) is 0 Å². The molecule has 1 aliphatic heterocycles. The summed E-state index contributed by atoms with van der Waals surface area (Å²) in [6.45, 7) is 0. The highest BCUT2D eigenvalue weighted by atomic mass is 32.2. The van der Waals surface area contributed by atoms with Crippen molar-refractivity contribution in [2.75, 3.05) is 19.2 Å². The number of carbonyl (C=O) groups excluding carboxylic acids is 3. The van der Waals surface area contributed by atoms with E-state index in [9.17, 15) is 45.4 Å². The molecular weight excluding hydrogens is 612 g/mol. The summed E-state index contributed by atoms with van der Waals surface area (Å²) in [5.74, 6) is -3.35. The smallest absolute Gasteiger partial charge is 0.359 e. The molecule has 224 valence electrons. The Balaban J connectivity index is 1.72. The molecule has 43 heavy (non-hydrogen) atoms. The number of esters is 2. The summed E-state index contributed by atoms with van der Waals surface area (Å²) >= 11 is 0. The van der Waals surface area contributed by atoms with E-state index >= 15 is 0 Å². The zero-order chi connectivity index (χ0) is 31.7. The topological polar surface area (TPSA) is 232 Å². The molecule has 4 rings (SSSR count). The van der Waals surface area contributed by atoms with Crippen molar-refractivity contribution >= 4 is 55.6 Å². The Morgan fingerprint density at radius 1 is 0.837 bits per heavy atom. The normalized spacial score (nSPS) is 14.8. The first kappa shape index (κ1) is 30.8. The number of allylic oxidation sites excluding steroid dienone is 2. The van der Waals surface area contributed by atoms with Gasteiger partial charge in [0, 0.05) is 0 Å². The number of aromatic hydroxyl groups is 1. The Morgan fingerprint density at radius 3 is 1.84 bits per heavy atom. The molecule has 0 atom stereocenters. The Bertz CT molecular complexity index is 1940. The van der Waals surface area contributed by atoms with Crippen LogP contribution < -0.4 is 5.01 Å². The second kappa shape index (κ2) is 11.6. The van der Waals surface area contributed by atoms with Crippen LogP contribution in [-0.2, 0) is 39.3 Å². The fraction of sp³-hybridized carbons (Fsp3) is 0.0800. The Hall–Kier alpha value is -5.17. The largest absolute Gasteiger partial charge is 0.493 e. The van der Waals surface area contributed by atoms with Crippen LogP contribution in [0.1, 0.15) is 16.1 Å². The maximum atomic E-state index is 13.2. The molecule has 1 aliphatic rings. The summed E-state index contributed by atoms with van der Waals surface area (Å²) < 4.78 is 74.0. The molecular formula is C25H20N4O12S2. The predicted octanol–water partition coefficient (Wildman–Crippen LogP) is 1.37. The van der Waals surface area contributed by atoms with Crippen LogP contribution in [0.3, 0.4) is 0 Å². The van der Waals surface area contributed by atoms with E-state index in [4.69, 9.17) is 9.47 Å². The van der Waals surface area contributed by atoms with Crippen molar-refractivity contribution in [3.63, 3.8) is 0 Å². The number of amides is 1. The van der Waals surface area contributed by atoms with Crippen molar-refractivity contribution in [2.45, 2.75) is 9.79 Å². The third kappa shape index (κ3) is 6.21. The maximum Gasteiger partial charge on any atom is 0.359 e. The Kier molecular flexibility index (Phi) is 8.31. The number of hydrogen-bond donors (Lipinski definition) is 3. The van der Waals surface area contributed by atoms with Crippen LogP contribution >= 0.6 is 0 Å². The monoisotopic (exact) mass is 632 g/mol. The number of methoxy groups -OCH3 is 2. The number of hydrogen-bond acceptors (Lipinski definition) is 12. The van der Waals surface area contributed by atoms with Gasteiger partial charge in [-0.05, 0) is 60.7 Å². The van der Waals surface area contributed by atoms with Gasteiger partial charge in [0.15, 0.2) is 11.4 Å². The van der Waals surface area contributed by atoms with E-state index in [0.29, 0.717) is 0 Å². The molecule has 1 amide bonds. The van der Waals surface area contributed by atoms with Crippen LogP contribution in [0.2, 0.25) is 0 Å². The molecule has 0 radical (unpaired) electrons. The number of aromatic nitrogens is 2. The summed E-state index contributed by atoms with van der Waals surface area (Å²) in [5.41, 5.74) is -1.07. The lowest BCUT2D eigenvalue weighted by molar-refractivity contribution is -0.132. The first-order valence-corrected chi connectivity index (χ1v) is 14.5. The van der Waals surface area contributed by atoms with Crippen LogP contribution in [0.5, 0.6) is 5.88 Å². The van der Waals surface area contributed by atoms with Gasteiger partial charge < -0.3 is 14.6 Å². The molecule has 0 aliphatic carbocycles. The quantitative estimate of drug-likeness (QED) is 0.181. The van der Waals surface area contributed by atoms with Crippen molar-refractivity contribution in [3.8, 4) is 11.6 Å². The number of carbonyl (C=O) groups is 3. The van der Waals surface area contributed by atoms with Gasteiger partial charge in [-0.25, -0.2) is 9.59 Å². The SMILES string of the molecule is COC(=O)C1=NN(c2ccc(S(=O)(=O)O)cc2)C(=O)C1=CC=Cc1c(C(=O)OC)nn(-c2ccc(S(=O)(=O)O)cc2)c1O. The van der Waals surface area contributed by atoms with Gasteiger partial charge in [-0.2, -0.15) is 36.7 Å². The molecule has 0 fully saturated rings. The molecule has 3 aromatic rings. The van der Waals surface area contributed by atoms with Crippen molar-refractivity contribution in [1.82, 2.24) is 9.78 Å². The van der Waals surface area contributed by atoms with Gasteiger partial charge >= 0.3 is 11.9 Å². The molecule has 2 aromatic carbocycles.